The van der Waals surface area contributed by atoms with Crippen molar-refractivity contribution in [3.63, 3.8) is 0 Å². The number of aryl methyl sites for hydroxylation is 1. The molecule has 1 heterocycles. The van der Waals surface area contributed by atoms with Crippen molar-refractivity contribution in [2.75, 3.05) is 20.6 Å². The van der Waals surface area contributed by atoms with E-state index in [0.29, 0.717) is 18.1 Å². The first kappa shape index (κ1) is 10.7. The molecule has 0 bridgehead atoms. The van der Waals surface area contributed by atoms with E-state index in [-0.39, 0.29) is 5.69 Å². The summed E-state index contributed by atoms with van der Waals surface area (Å²) in [6.07, 6.45) is 0.565. The minimum atomic E-state index is -1.03. The van der Waals surface area contributed by atoms with Gasteiger partial charge in [0.05, 0.1) is 0 Å². The number of nitrogens with zero attached hydrogens (tertiary/aromatic N) is 2. The molecular weight excluding hydrogens is 184 g/mol. The van der Waals surface area contributed by atoms with Gasteiger partial charge in [0.25, 0.3) is 0 Å². The first-order chi connectivity index (χ1) is 6.50. The van der Waals surface area contributed by atoms with Crippen molar-refractivity contribution in [3.8, 4) is 0 Å². The topological polar surface area (TPSA) is 66.6 Å². The number of hydrogen-bond donors (Lipinski definition) is 1. The number of carbonyl (C=O) groups is 1. The summed E-state index contributed by atoms with van der Waals surface area (Å²) < 4.78 is 5.21. The minimum Gasteiger partial charge on any atom is -0.476 e. The fourth-order valence-corrected chi connectivity index (χ4v) is 1.13. The van der Waals surface area contributed by atoms with Crippen molar-refractivity contribution in [2.45, 2.75) is 13.3 Å². The predicted molar refractivity (Wildman–Crippen MR) is 50.5 cm³/mol. The normalized spacial score (nSPS) is 10.9. The zero-order valence-electron chi connectivity index (χ0n) is 8.57. The van der Waals surface area contributed by atoms with Gasteiger partial charge < -0.3 is 14.4 Å². The summed E-state index contributed by atoms with van der Waals surface area (Å²) in [5.74, 6) is -0.185. The summed E-state index contributed by atoms with van der Waals surface area (Å²) in [6.45, 7) is 2.39. The molecule has 0 aliphatic rings. The van der Waals surface area contributed by atoms with Crippen molar-refractivity contribution >= 4 is 5.97 Å². The fourth-order valence-electron chi connectivity index (χ4n) is 1.13. The highest BCUT2D eigenvalue weighted by atomic mass is 16.4. The summed E-state index contributed by atoms with van der Waals surface area (Å²) in [5, 5.41) is 8.81. The molecule has 0 aromatic carbocycles. The largest absolute Gasteiger partial charge is 0.476 e. The summed E-state index contributed by atoms with van der Waals surface area (Å²) >= 11 is 0. The van der Waals surface area contributed by atoms with Gasteiger partial charge in [-0.15, -0.1) is 0 Å². The maximum Gasteiger partial charge on any atom is 0.358 e. The van der Waals surface area contributed by atoms with Gasteiger partial charge in [0.1, 0.15) is 5.76 Å². The van der Waals surface area contributed by atoms with Crippen LogP contribution in [-0.4, -0.2) is 41.6 Å². The van der Waals surface area contributed by atoms with Crippen LogP contribution in [0.15, 0.2) is 4.42 Å². The molecule has 0 saturated heterocycles. The molecule has 0 fully saturated rings. The number of likely N-dealkylation sites (N-methyl/N-ethyl adjacent to an activating group) is 1. The molecule has 0 amide bonds. The second-order valence-corrected chi connectivity index (χ2v) is 3.36. The van der Waals surface area contributed by atoms with Gasteiger partial charge >= 0.3 is 5.97 Å². The van der Waals surface area contributed by atoms with E-state index in [4.69, 9.17) is 9.52 Å². The molecule has 0 radical (unpaired) electrons. The summed E-state index contributed by atoms with van der Waals surface area (Å²) in [6, 6.07) is 0. The Morgan fingerprint density at radius 1 is 1.57 bits per heavy atom. The number of oxazole rings is 1. The smallest absolute Gasteiger partial charge is 0.358 e. The van der Waals surface area contributed by atoms with E-state index in [2.05, 4.69) is 4.98 Å². The summed E-state index contributed by atoms with van der Waals surface area (Å²) in [4.78, 5) is 16.5. The second kappa shape index (κ2) is 4.23. The minimum absolute atomic E-state index is 0.0318. The highest BCUT2D eigenvalue weighted by molar-refractivity contribution is 5.86. The van der Waals surface area contributed by atoms with E-state index in [1.165, 1.54) is 0 Å². The number of aromatic nitrogens is 1. The Balaban J connectivity index is 2.79. The molecule has 0 atom stereocenters. The highest BCUT2D eigenvalue weighted by Gasteiger charge is 2.17. The molecule has 1 aromatic rings. The van der Waals surface area contributed by atoms with Crippen LogP contribution in [0.5, 0.6) is 0 Å². The van der Waals surface area contributed by atoms with Gasteiger partial charge in [-0.1, -0.05) is 0 Å². The van der Waals surface area contributed by atoms with Crippen LogP contribution in [0.25, 0.3) is 0 Å². The molecule has 0 aliphatic heterocycles. The van der Waals surface area contributed by atoms with Gasteiger partial charge in [0.15, 0.2) is 11.6 Å². The van der Waals surface area contributed by atoms with Crippen LogP contribution in [0.2, 0.25) is 0 Å². The van der Waals surface area contributed by atoms with E-state index in [9.17, 15) is 4.79 Å². The average Bonchev–Trinajstić information content (AvgIpc) is 2.43. The van der Waals surface area contributed by atoms with Crippen molar-refractivity contribution in [3.05, 3.63) is 17.3 Å². The zero-order chi connectivity index (χ0) is 10.7. The third-order valence-electron chi connectivity index (χ3n) is 1.79. The maximum absolute atomic E-state index is 10.7. The van der Waals surface area contributed by atoms with Crippen LogP contribution in [0, 0.1) is 6.92 Å². The number of carboxylic acids is 1. The van der Waals surface area contributed by atoms with Crippen molar-refractivity contribution < 1.29 is 14.3 Å². The SMILES string of the molecule is Cc1nc(C(=O)O)c(CCN(C)C)o1. The van der Waals surface area contributed by atoms with E-state index >= 15 is 0 Å². The quantitative estimate of drug-likeness (QED) is 0.774. The Bertz CT molecular complexity index is 331. The van der Waals surface area contributed by atoms with Crippen LogP contribution in [0.1, 0.15) is 22.1 Å². The zero-order valence-corrected chi connectivity index (χ0v) is 8.57. The van der Waals surface area contributed by atoms with Gasteiger partial charge in [-0.05, 0) is 14.1 Å². The van der Waals surface area contributed by atoms with E-state index < -0.39 is 5.97 Å². The molecule has 0 aliphatic carbocycles. The lowest BCUT2D eigenvalue weighted by Gasteiger charge is -2.06. The van der Waals surface area contributed by atoms with Crippen molar-refractivity contribution in [1.82, 2.24) is 9.88 Å². The molecule has 1 N–H and O–H groups in total. The first-order valence-electron chi connectivity index (χ1n) is 4.35. The molecular formula is C9H14N2O3. The summed E-state index contributed by atoms with van der Waals surface area (Å²) in [5.41, 5.74) is 0.0318. The van der Waals surface area contributed by atoms with Crippen LogP contribution in [-0.2, 0) is 6.42 Å². The molecule has 0 saturated carbocycles. The monoisotopic (exact) mass is 198 g/mol. The molecule has 0 unspecified atom stereocenters. The Morgan fingerprint density at radius 2 is 2.21 bits per heavy atom. The molecule has 5 heteroatoms. The Labute approximate surface area is 82.4 Å². The molecule has 5 nitrogen and oxygen atoms in total. The summed E-state index contributed by atoms with van der Waals surface area (Å²) in [7, 11) is 3.84. The van der Waals surface area contributed by atoms with Crippen LogP contribution >= 0.6 is 0 Å². The maximum atomic E-state index is 10.7. The first-order valence-corrected chi connectivity index (χ1v) is 4.35. The highest BCUT2D eigenvalue weighted by Crippen LogP contribution is 2.11. The number of rotatable bonds is 4. The van der Waals surface area contributed by atoms with Crippen molar-refractivity contribution in [2.24, 2.45) is 0 Å². The molecule has 1 aromatic heterocycles. The van der Waals surface area contributed by atoms with Crippen LogP contribution < -0.4 is 0 Å². The van der Waals surface area contributed by atoms with Gasteiger partial charge in [0, 0.05) is 19.9 Å². The van der Waals surface area contributed by atoms with E-state index in [1.807, 2.05) is 19.0 Å². The second-order valence-electron chi connectivity index (χ2n) is 3.36. The predicted octanol–water partition coefficient (Wildman–Crippen LogP) is 0.785. The lowest BCUT2D eigenvalue weighted by atomic mass is 10.2. The fraction of sp³-hybridized carbons (Fsp3) is 0.556. The standard InChI is InChI=1S/C9H14N2O3/c1-6-10-8(9(12)13)7(14-6)4-5-11(2)3/h4-5H2,1-3H3,(H,12,13). The Morgan fingerprint density at radius 3 is 2.71 bits per heavy atom. The lowest BCUT2D eigenvalue weighted by molar-refractivity contribution is 0.0688. The van der Waals surface area contributed by atoms with Gasteiger partial charge in [0.2, 0.25) is 0 Å². The lowest BCUT2D eigenvalue weighted by Crippen LogP contribution is -2.16. The van der Waals surface area contributed by atoms with E-state index in [0.717, 1.165) is 6.54 Å². The van der Waals surface area contributed by atoms with Crippen molar-refractivity contribution in [1.29, 1.82) is 0 Å². The van der Waals surface area contributed by atoms with E-state index in [1.54, 1.807) is 6.92 Å². The van der Waals surface area contributed by atoms with Crippen LogP contribution in [0.4, 0.5) is 0 Å². The third kappa shape index (κ3) is 2.56. The van der Waals surface area contributed by atoms with Gasteiger partial charge in [-0.25, -0.2) is 9.78 Å². The van der Waals surface area contributed by atoms with Crippen LogP contribution in [0.3, 0.4) is 0 Å². The third-order valence-corrected chi connectivity index (χ3v) is 1.79. The number of hydrogen-bond acceptors (Lipinski definition) is 4. The Hall–Kier alpha value is -1.36. The number of aromatic carboxylic acids is 1. The molecule has 1 rings (SSSR count). The van der Waals surface area contributed by atoms with Gasteiger partial charge in [-0.3, -0.25) is 0 Å². The molecule has 78 valence electrons. The number of carboxylic acid groups (broad SMARTS) is 1. The van der Waals surface area contributed by atoms with Gasteiger partial charge in [-0.2, -0.15) is 0 Å². The molecule has 0 spiro atoms. The Kier molecular flexibility index (Phi) is 3.24. The average molecular weight is 198 g/mol. The molecule has 14 heavy (non-hydrogen) atoms.